The van der Waals surface area contributed by atoms with Crippen molar-refractivity contribution < 1.29 is 9.59 Å². The first-order valence-electron chi connectivity index (χ1n) is 6.14. The highest BCUT2D eigenvalue weighted by Gasteiger charge is 2.36. The van der Waals surface area contributed by atoms with Gasteiger partial charge < -0.3 is 0 Å². The third kappa shape index (κ3) is 1.74. The molecule has 0 unspecified atom stereocenters. The number of amides is 1. The van der Waals surface area contributed by atoms with Gasteiger partial charge in [0.2, 0.25) is 0 Å². The molecule has 0 saturated carbocycles. The number of hydrogen-bond donors (Lipinski definition) is 0. The van der Waals surface area contributed by atoms with Gasteiger partial charge >= 0.3 is 0 Å². The molecule has 2 aromatic rings. The topological polar surface area (TPSA) is 55.2 Å². The van der Waals surface area contributed by atoms with Gasteiger partial charge in [0.05, 0.1) is 34.2 Å². The Balaban J connectivity index is 2.04. The fourth-order valence-corrected chi connectivity index (χ4v) is 2.63. The van der Waals surface area contributed by atoms with E-state index in [4.69, 9.17) is 11.6 Å². The van der Waals surface area contributed by atoms with Crippen LogP contribution in [0.4, 0.5) is 5.69 Å². The van der Waals surface area contributed by atoms with Crippen molar-refractivity contribution in [3.05, 3.63) is 46.2 Å². The van der Waals surface area contributed by atoms with Gasteiger partial charge in [-0.15, -0.1) is 0 Å². The molecule has 0 atom stereocenters. The van der Waals surface area contributed by atoms with E-state index < -0.39 is 11.7 Å². The van der Waals surface area contributed by atoms with Crippen LogP contribution in [0.2, 0.25) is 5.02 Å². The van der Waals surface area contributed by atoms with Gasteiger partial charge in [-0.05, 0) is 19.1 Å². The summed E-state index contributed by atoms with van der Waals surface area (Å²) in [5, 5.41) is 4.74. The number of aromatic nitrogens is 2. The lowest BCUT2D eigenvalue weighted by Crippen LogP contribution is -2.30. The molecule has 3 rings (SSSR count). The van der Waals surface area contributed by atoms with Crippen molar-refractivity contribution in [3.8, 4) is 0 Å². The van der Waals surface area contributed by atoms with Gasteiger partial charge in [0.15, 0.2) is 0 Å². The fourth-order valence-electron chi connectivity index (χ4n) is 2.41. The first-order chi connectivity index (χ1) is 9.50. The molecule has 6 heteroatoms. The average Bonchev–Trinajstić information content (AvgIpc) is 2.82. The molecule has 102 valence electrons. The number of rotatable bonds is 2. The Labute approximate surface area is 120 Å². The summed E-state index contributed by atoms with van der Waals surface area (Å²) in [4.78, 5) is 25.5. The SMILES string of the molecule is Cc1nn(C)c(CN2C(=O)C(=O)c3ccccc32)c1Cl. The minimum absolute atomic E-state index is 0.234. The molecule has 1 amide bonds. The number of anilines is 1. The van der Waals surface area contributed by atoms with Crippen molar-refractivity contribution in [1.82, 2.24) is 9.78 Å². The lowest BCUT2D eigenvalue weighted by molar-refractivity contribution is -0.114. The minimum atomic E-state index is -0.527. The molecule has 0 bridgehead atoms. The van der Waals surface area contributed by atoms with Gasteiger partial charge in [0, 0.05) is 7.05 Å². The maximum atomic E-state index is 12.1. The van der Waals surface area contributed by atoms with Crippen LogP contribution in [0.25, 0.3) is 0 Å². The van der Waals surface area contributed by atoms with Crippen LogP contribution < -0.4 is 4.90 Å². The summed E-state index contributed by atoms with van der Waals surface area (Å²) in [6, 6.07) is 6.96. The van der Waals surface area contributed by atoms with Crippen LogP contribution in [0.1, 0.15) is 21.7 Å². The van der Waals surface area contributed by atoms with E-state index in [0.29, 0.717) is 27.7 Å². The summed E-state index contributed by atoms with van der Waals surface area (Å²) in [5.74, 6) is -1.00. The first-order valence-corrected chi connectivity index (χ1v) is 6.51. The van der Waals surface area contributed by atoms with Crippen LogP contribution in [-0.2, 0) is 18.4 Å². The number of hydrogen-bond acceptors (Lipinski definition) is 3. The predicted octanol–water partition coefficient (Wildman–Crippen LogP) is 2.11. The summed E-state index contributed by atoms with van der Waals surface area (Å²) in [5.41, 5.74) is 2.47. The van der Waals surface area contributed by atoms with Gasteiger partial charge in [-0.2, -0.15) is 5.10 Å². The van der Waals surface area contributed by atoms with Gasteiger partial charge in [-0.3, -0.25) is 19.2 Å². The summed E-state index contributed by atoms with van der Waals surface area (Å²) >= 11 is 6.20. The Morgan fingerprint density at radius 3 is 2.60 bits per heavy atom. The number of benzene rings is 1. The second-order valence-electron chi connectivity index (χ2n) is 4.71. The van der Waals surface area contributed by atoms with Gasteiger partial charge in [-0.1, -0.05) is 23.7 Å². The van der Waals surface area contributed by atoms with Crippen molar-refractivity contribution in [2.45, 2.75) is 13.5 Å². The quantitative estimate of drug-likeness (QED) is 0.796. The smallest absolute Gasteiger partial charge is 0.299 e. The van der Waals surface area contributed by atoms with E-state index in [-0.39, 0.29) is 6.54 Å². The summed E-state index contributed by atoms with van der Waals surface area (Å²) < 4.78 is 1.64. The highest BCUT2D eigenvalue weighted by Crippen LogP contribution is 2.31. The standard InChI is InChI=1S/C14H12ClN3O2/c1-8-12(15)11(17(2)16-8)7-18-10-6-4-3-5-9(10)13(19)14(18)20/h3-6H,7H2,1-2H3. The number of carbonyl (C=O) groups excluding carboxylic acids is 2. The number of ketones is 1. The van der Waals surface area contributed by atoms with Crippen LogP contribution in [0.3, 0.4) is 0 Å². The minimum Gasteiger partial charge on any atom is -0.299 e. The predicted molar refractivity (Wildman–Crippen MR) is 74.9 cm³/mol. The molecule has 0 radical (unpaired) electrons. The van der Waals surface area contributed by atoms with Crippen molar-refractivity contribution >= 4 is 29.0 Å². The molecular formula is C14H12ClN3O2. The van der Waals surface area contributed by atoms with E-state index in [1.165, 1.54) is 4.90 Å². The molecule has 0 fully saturated rings. The zero-order valence-corrected chi connectivity index (χ0v) is 11.8. The highest BCUT2D eigenvalue weighted by atomic mass is 35.5. The molecule has 1 aromatic carbocycles. The van der Waals surface area contributed by atoms with E-state index >= 15 is 0 Å². The number of Topliss-reactive ketones (excluding diaryl/α,β-unsaturated/α-hetero) is 1. The van der Waals surface area contributed by atoms with E-state index in [2.05, 4.69) is 5.10 Å². The number of para-hydroxylation sites is 1. The Morgan fingerprint density at radius 1 is 1.25 bits per heavy atom. The van der Waals surface area contributed by atoms with Gasteiger partial charge in [0.25, 0.3) is 11.7 Å². The zero-order valence-electron chi connectivity index (χ0n) is 11.1. The maximum absolute atomic E-state index is 12.1. The van der Waals surface area contributed by atoms with Crippen molar-refractivity contribution in [2.24, 2.45) is 7.05 Å². The van der Waals surface area contributed by atoms with Gasteiger partial charge in [0.1, 0.15) is 0 Å². The Kier molecular flexibility index (Phi) is 2.87. The zero-order chi connectivity index (χ0) is 14.4. The number of halogens is 1. The lowest BCUT2D eigenvalue weighted by Gasteiger charge is -2.16. The molecule has 0 saturated heterocycles. The van der Waals surface area contributed by atoms with Crippen LogP contribution >= 0.6 is 11.6 Å². The Morgan fingerprint density at radius 2 is 1.95 bits per heavy atom. The molecule has 1 aliphatic heterocycles. The number of aryl methyl sites for hydroxylation is 2. The van der Waals surface area contributed by atoms with E-state index in [1.807, 2.05) is 0 Å². The first kappa shape index (κ1) is 12.9. The van der Waals surface area contributed by atoms with E-state index in [9.17, 15) is 9.59 Å². The van der Waals surface area contributed by atoms with Crippen molar-refractivity contribution in [2.75, 3.05) is 4.90 Å². The molecular weight excluding hydrogens is 278 g/mol. The third-order valence-corrected chi connectivity index (χ3v) is 3.94. The molecule has 1 aromatic heterocycles. The van der Waals surface area contributed by atoms with Crippen LogP contribution in [0.15, 0.2) is 24.3 Å². The van der Waals surface area contributed by atoms with Crippen molar-refractivity contribution in [3.63, 3.8) is 0 Å². The monoisotopic (exact) mass is 289 g/mol. The maximum Gasteiger partial charge on any atom is 0.299 e. The highest BCUT2D eigenvalue weighted by molar-refractivity contribution is 6.52. The Bertz CT molecular complexity index is 736. The number of carbonyl (C=O) groups is 2. The largest absolute Gasteiger partial charge is 0.299 e. The molecule has 20 heavy (non-hydrogen) atoms. The molecule has 2 heterocycles. The van der Waals surface area contributed by atoms with Crippen LogP contribution in [-0.4, -0.2) is 21.5 Å². The lowest BCUT2D eigenvalue weighted by atomic mass is 10.1. The average molecular weight is 290 g/mol. The summed E-state index contributed by atoms with van der Waals surface area (Å²) in [6.07, 6.45) is 0. The second kappa shape index (κ2) is 4.45. The summed E-state index contributed by atoms with van der Waals surface area (Å²) in [6.45, 7) is 2.04. The van der Waals surface area contributed by atoms with Gasteiger partial charge in [-0.25, -0.2) is 0 Å². The normalized spacial score (nSPS) is 14.1. The molecule has 0 spiro atoms. The summed E-state index contributed by atoms with van der Waals surface area (Å²) in [7, 11) is 1.77. The van der Waals surface area contributed by atoms with E-state index in [0.717, 1.165) is 0 Å². The fraction of sp³-hybridized carbons (Fsp3) is 0.214. The van der Waals surface area contributed by atoms with Crippen LogP contribution in [0.5, 0.6) is 0 Å². The van der Waals surface area contributed by atoms with E-state index in [1.54, 1.807) is 42.9 Å². The molecule has 1 aliphatic rings. The molecule has 0 N–H and O–H groups in total. The van der Waals surface area contributed by atoms with Crippen LogP contribution in [0, 0.1) is 6.92 Å². The Hall–Kier alpha value is -2.14. The molecule has 5 nitrogen and oxygen atoms in total. The second-order valence-corrected chi connectivity index (χ2v) is 5.09. The number of fused-ring (bicyclic) bond motifs is 1. The van der Waals surface area contributed by atoms with Crippen molar-refractivity contribution in [1.29, 1.82) is 0 Å². The third-order valence-electron chi connectivity index (χ3n) is 3.45. The number of nitrogens with zero attached hydrogens (tertiary/aromatic N) is 3. The molecule has 0 aliphatic carbocycles.